The van der Waals surface area contributed by atoms with Crippen LogP contribution in [0.2, 0.25) is 0 Å². The van der Waals surface area contributed by atoms with Gasteiger partial charge < -0.3 is 5.11 Å². The number of benzene rings is 1. The molecule has 3 heteroatoms. The van der Waals surface area contributed by atoms with E-state index in [0.29, 0.717) is 6.42 Å². The largest absolute Gasteiger partial charge is 0.480 e. The van der Waals surface area contributed by atoms with Crippen LogP contribution in [0.25, 0.3) is 0 Å². The average Bonchev–Trinajstić information content (AvgIpc) is 2.60. The van der Waals surface area contributed by atoms with Crippen molar-refractivity contribution in [1.29, 1.82) is 5.26 Å². The quantitative estimate of drug-likeness (QED) is 0.912. The molecule has 1 aromatic rings. The Morgan fingerprint density at radius 3 is 2.18 bits per heavy atom. The number of fused-ring (bicyclic) bond motifs is 1. The highest BCUT2D eigenvalue weighted by Gasteiger charge is 2.66. The fourth-order valence-electron chi connectivity index (χ4n) is 5.09. The van der Waals surface area contributed by atoms with Crippen LogP contribution in [0.4, 0.5) is 0 Å². The molecule has 3 rings (SSSR count). The van der Waals surface area contributed by atoms with Crippen molar-refractivity contribution in [3.05, 3.63) is 35.9 Å². The first-order valence-electron chi connectivity index (χ1n) is 8.01. The van der Waals surface area contributed by atoms with E-state index in [0.717, 1.165) is 31.2 Å². The van der Waals surface area contributed by atoms with Crippen LogP contribution in [0.1, 0.15) is 45.1 Å². The number of aliphatic carboxylic acids is 1. The number of carboxylic acids is 1. The molecule has 2 aliphatic carbocycles. The lowest BCUT2D eigenvalue weighted by atomic mass is 9.53. The van der Waals surface area contributed by atoms with Crippen LogP contribution in [0.15, 0.2) is 30.3 Å². The zero-order valence-corrected chi connectivity index (χ0v) is 13.3. The number of hydrogen-bond donors (Lipinski definition) is 1. The maximum atomic E-state index is 11.7. The molecule has 3 nitrogen and oxygen atoms in total. The van der Waals surface area contributed by atoms with Crippen LogP contribution < -0.4 is 0 Å². The third kappa shape index (κ3) is 2.05. The highest BCUT2D eigenvalue weighted by Crippen LogP contribution is 2.73. The minimum atomic E-state index is -0.966. The smallest absolute Gasteiger partial charge is 0.321 e. The first kappa shape index (κ1) is 15.1. The van der Waals surface area contributed by atoms with E-state index in [1.165, 1.54) is 0 Å². The molecule has 0 amide bonds. The lowest BCUT2D eigenvalue weighted by molar-refractivity contribution is -0.144. The second-order valence-corrected chi connectivity index (χ2v) is 7.90. The summed E-state index contributed by atoms with van der Waals surface area (Å²) in [7, 11) is 0. The zero-order chi connectivity index (χ0) is 16.0. The fourth-order valence-corrected chi connectivity index (χ4v) is 5.09. The molecule has 1 aromatic carbocycles. The molecule has 1 N–H and O–H groups in total. The Hall–Kier alpha value is -1.82. The fraction of sp³-hybridized carbons (Fsp3) is 0.579. The van der Waals surface area contributed by atoms with Crippen molar-refractivity contribution in [2.75, 3.05) is 0 Å². The number of nitrogens with zero attached hydrogens (tertiary/aromatic N) is 1. The second-order valence-electron chi connectivity index (χ2n) is 7.90. The Bertz CT molecular complexity index is 615. The van der Waals surface area contributed by atoms with Gasteiger partial charge >= 0.3 is 5.97 Å². The highest BCUT2D eigenvalue weighted by atomic mass is 16.4. The summed E-state index contributed by atoms with van der Waals surface area (Å²) in [5.74, 6) is -1.89. The highest BCUT2D eigenvalue weighted by molar-refractivity contribution is 5.74. The Kier molecular flexibility index (Phi) is 3.32. The molecule has 2 aliphatic rings. The molecule has 116 valence electrons. The first-order chi connectivity index (χ1) is 10.3. The van der Waals surface area contributed by atoms with E-state index >= 15 is 0 Å². The number of carboxylic acid groups (broad SMARTS) is 1. The van der Waals surface area contributed by atoms with Crippen LogP contribution in [-0.2, 0) is 11.2 Å². The molecule has 0 heterocycles. The number of carbonyl (C=O) groups is 1. The standard InChI is InChI=1S/C19H23NO2/c1-17-8-9-18(17,2)13-19(12-17,15(11-20)16(21)22)10-14-6-4-3-5-7-14/h3-7,15H,8-10,12-13H2,1-2H3,(H,21,22)/t15?,17-,18+,19+. The van der Waals surface area contributed by atoms with E-state index in [4.69, 9.17) is 0 Å². The van der Waals surface area contributed by atoms with Gasteiger partial charge in [-0.2, -0.15) is 5.26 Å². The van der Waals surface area contributed by atoms with Gasteiger partial charge in [-0.25, -0.2) is 0 Å². The number of hydrogen-bond acceptors (Lipinski definition) is 2. The Balaban J connectivity index is 2.01. The number of rotatable bonds is 4. The summed E-state index contributed by atoms with van der Waals surface area (Å²) in [5, 5.41) is 19.1. The first-order valence-corrected chi connectivity index (χ1v) is 8.01. The van der Waals surface area contributed by atoms with Gasteiger partial charge in [0.25, 0.3) is 0 Å². The van der Waals surface area contributed by atoms with Gasteiger partial charge in [0, 0.05) is 5.41 Å². The predicted molar refractivity (Wildman–Crippen MR) is 84.0 cm³/mol. The van der Waals surface area contributed by atoms with E-state index in [9.17, 15) is 15.2 Å². The summed E-state index contributed by atoms with van der Waals surface area (Å²) >= 11 is 0. The van der Waals surface area contributed by atoms with Gasteiger partial charge in [0.2, 0.25) is 0 Å². The summed E-state index contributed by atoms with van der Waals surface area (Å²) in [4.78, 5) is 11.7. The van der Waals surface area contributed by atoms with Crippen LogP contribution in [0, 0.1) is 33.5 Å². The van der Waals surface area contributed by atoms with Gasteiger partial charge in [0.1, 0.15) is 5.92 Å². The molecular weight excluding hydrogens is 274 g/mol. The van der Waals surface area contributed by atoms with Gasteiger partial charge in [-0.15, -0.1) is 0 Å². The Morgan fingerprint density at radius 1 is 1.23 bits per heavy atom. The summed E-state index contributed by atoms with van der Waals surface area (Å²) in [6, 6.07) is 12.1. The lowest BCUT2D eigenvalue weighted by Gasteiger charge is -2.52. The van der Waals surface area contributed by atoms with Crippen LogP contribution in [0.3, 0.4) is 0 Å². The second kappa shape index (κ2) is 4.84. The molecule has 0 spiro atoms. The van der Waals surface area contributed by atoms with Crippen LogP contribution in [0.5, 0.6) is 0 Å². The van der Waals surface area contributed by atoms with Crippen molar-refractivity contribution in [2.45, 2.75) is 46.0 Å². The minimum Gasteiger partial charge on any atom is -0.480 e. The van der Waals surface area contributed by atoms with E-state index in [-0.39, 0.29) is 10.8 Å². The van der Waals surface area contributed by atoms with Crippen molar-refractivity contribution in [2.24, 2.45) is 22.2 Å². The summed E-state index contributed by atoms with van der Waals surface area (Å²) in [5.41, 5.74) is 1.07. The monoisotopic (exact) mass is 297 g/mol. The van der Waals surface area contributed by atoms with Crippen LogP contribution >= 0.6 is 0 Å². The maximum Gasteiger partial charge on any atom is 0.321 e. The lowest BCUT2D eigenvalue weighted by Crippen LogP contribution is -2.42. The van der Waals surface area contributed by atoms with Gasteiger partial charge in [0.05, 0.1) is 6.07 Å². The average molecular weight is 297 g/mol. The van der Waals surface area contributed by atoms with Crippen molar-refractivity contribution in [1.82, 2.24) is 0 Å². The Labute approximate surface area is 132 Å². The minimum absolute atomic E-state index is 0.187. The van der Waals surface area contributed by atoms with Crippen molar-refractivity contribution in [3.8, 4) is 6.07 Å². The molecule has 1 unspecified atom stereocenters. The summed E-state index contributed by atoms with van der Waals surface area (Å²) < 4.78 is 0. The van der Waals surface area contributed by atoms with Crippen molar-refractivity contribution in [3.63, 3.8) is 0 Å². The topological polar surface area (TPSA) is 61.1 Å². The maximum absolute atomic E-state index is 11.7. The van der Waals surface area contributed by atoms with E-state index < -0.39 is 17.3 Å². The summed E-state index contributed by atoms with van der Waals surface area (Å²) in [6.07, 6.45) is 4.67. The Morgan fingerprint density at radius 2 is 1.77 bits per heavy atom. The number of nitriles is 1. The van der Waals surface area contributed by atoms with Crippen LogP contribution in [-0.4, -0.2) is 11.1 Å². The van der Waals surface area contributed by atoms with Crippen molar-refractivity contribution >= 4 is 5.97 Å². The van der Waals surface area contributed by atoms with E-state index in [1.54, 1.807) is 0 Å². The summed E-state index contributed by atoms with van der Waals surface area (Å²) in [6.45, 7) is 4.55. The van der Waals surface area contributed by atoms with Gasteiger partial charge in [-0.3, -0.25) is 4.79 Å². The van der Waals surface area contributed by atoms with Crippen molar-refractivity contribution < 1.29 is 9.90 Å². The molecule has 2 saturated carbocycles. The SMILES string of the molecule is C[C@@]12CC[C@]1(C)C[C@](Cc1ccccc1)(C(C#N)C(=O)O)C2. The molecule has 0 aliphatic heterocycles. The van der Waals surface area contributed by atoms with E-state index in [2.05, 4.69) is 19.9 Å². The molecule has 0 saturated heterocycles. The molecule has 4 atom stereocenters. The zero-order valence-electron chi connectivity index (χ0n) is 13.3. The molecule has 0 radical (unpaired) electrons. The molecule has 0 bridgehead atoms. The molecule has 0 aromatic heterocycles. The normalized spacial score (nSPS) is 37.7. The third-order valence-electron chi connectivity index (χ3n) is 6.56. The molecule has 22 heavy (non-hydrogen) atoms. The molecule has 2 fully saturated rings. The van der Waals surface area contributed by atoms with E-state index in [1.807, 2.05) is 30.3 Å². The van der Waals surface area contributed by atoms with Gasteiger partial charge in [0.15, 0.2) is 0 Å². The van der Waals surface area contributed by atoms with Gasteiger partial charge in [-0.05, 0) is 48.5 Å². The van der Waals surface area contributed by atoms with Gasteiger partial charge in [-0.1, -0.05) is 44.2 Å². The molecular formula is C19H23NO2. The predicted octanol–water partition coefficient (Wildman–Crippen LogP) is 4.04. The third-order valence-corrected chi connectivity index (χ3v) is 6.56.